The summed E-state index contributed by atoms with van der Waals surface area (Å²) < 4.78 is 11.1. The van der Waals surface area contributed by atoms with Gasteiger partial charge in [0.2, 0.25) is 0 Å². The number of hydrogen-bond acceptors (Lipinski definition) is 3. The standard InChI is InChI=1S/C14H20O3/c1-3-5-9-16-13-7-6-12(11-15)14(10-13)17-8-4-2/h6-7,10-11H,3-5,8-9H2,1-2H3. The number of rotatable bonds is 8. The lowest BCUT2D eigenvalue weighted by Crippen LogP contribution is -2.01. The highest BCUT2D eigenvalue weighted by atomic mass is 16.5. The van der Waals surface area contributed by atoms with Crippen LogP contribution in [0.4, 0.5) is 0 Å². The minimum atomic E-state index is 0.571. The zero-order valence-electron chi connectivity index (χ0n) is 10.6. The van der Waals surface area contributed by atoms with E-state index in [-0.39, 0.29) is 0 Å². The zero-order valence-corrected chi connectivity index (χ0v) is 10.6. The molecule has 3 heteroatoms. The van der Waals surface area contributed by atoms with Gasteiger partial charge in [-0.15, -0.1) is 0 Å². The lowest BCUT2D eigenvalue weighted by Gasteiger charge is -2.10. The molecule has 0 fully saturated rings. The Kier molecular flexibility index (Phi) is 6.15. The maximum absolute atomic E-state index is 10.8. The van der Waals surface area contributed by atoms with Crippen molar-refractivity contribution in [3.8, 4) is 11.5 Å². The second kappa shape index (κ2) is 7.71. The Hall–Kier alpha value is -1.51. The summed E-state index contributed by atoms with van der Waals surface area (Å²) in [6.45, 7) is 5.46. The third-order valence-corrected chi connectivity index (χ3v) is 2.34. The van der Waals surface area contributed by atoms with Crippen LogP contribution in [-0.2, 0) is 0 Å². The van der Waals surface area contributed by atoms with Crippen LogP contribution in [0.5, 0.6) is 11.5 Å². The van der Waals surface area contributed by atoms with E-state index >= 15 is 0 Å². The largest absolute Gasteiger partial charge is 0.493 e. The molecule has 3 nitrogen and oxygen atoms in total. The molecule has 0 aliphatic carbocycles. The SMILES string of the molecule is CCCCOc1ccc(C=O)c(OCCC)c1. The van der Waals surface area contributed by atoms with Crippen LogP contribution < -0.4 is 9.47 Å². The van der Waals surface area contributed by atoms with Crippen LogP contribution >= 0.6 is 0 Å². The molecule has 0 radical (unpaired) electrons. The first-order valence-electron chi connectivity index (χ1n) is 6.16. The van der Waals surface area contributed by atoms with Gasteiger partial charge in [-0.05, 0) is 25.0 Å². The maximum atomic E-state index is 10.8. The first-order valence-corrected chi connectivity index (χ1v) is 6.16. The van der Waals surface area contributed by atoms with Crippen LogP contribution in [0, 0.1) is 0 Å². The van der Waals surface area contributed by atoms with E-state index in [2.05, 4.69) is 6.92 Å². The van der Waals surface area contributed by atoms with Crippen LogP contribution in [-0.4, -0.2) is 19.5 Å². The summed E-state index contributed by atoms with van der Waals surface area (Å²) in [5.74, 6) is 1.37. The molecule has 17 heavy (non-hydrogen) atoms. The predicted octanol–water partition coefficient (Wildman–Crippen LogP) is 3.47. The fraction of sp³-hybridized carbons (Fsp3) is 0.500. The lowest BCUT2D eigenvalue weighted by molar-refractivity contribution is 0.111. The van der Waals surface area contributed by atoms with Crippen molar-refractivity contribution in [1.82, 2.24) is 0 Å². The average molecular weight is 236 g/mol. The number of ether oxygens (including phenoxy) is 2. The molecule has 0 atom stereocenters. The van der Waals surface area contributed by atoms with E-state index < -0.39 is 0 Å². The normalized spacial score (nSPS) is 10.0. The Morgan fingerprint density at radius 3 is 2.59 bits per heavy atom. The van der Waals surface area contributed by atoms with Crippen LogP contribution in [0.1, 0.15) is 43.5 Å². The minimum absolute atomic E-state index is 0.571. The molecule has 0 unspecified atom stereocenters. The summed E-state index contributed by atoms with van der Waals surface area (Å²) in [7, 11) is 0. The van der Waals surface area contributed by atoms with Gasteiger partial charge in [-0.2, -0.15) is 0 Å². The fourth-order valence-electron chi connectivity index (χ4n) is 1.37. The molecular weight excluding hydrogens is 216 g/mol. The third kappa shape index (κ3) is 4.47. The number of hydrogen-bond donors (Lipinski definition) is 0. The van der Waals surface area contributed by atoms with Crippen molar-refractivity contribution in [2.24, 2.45) is 0 Å². The van der Waals surface area contributed by atoms with Crippen molar-refractivity contribution in [3.05, 3.63) is 23.8 Å². The van der Waals surface area contributed by atoms with Crippen molar-refractivity contribution < 1.29 is 14.3 Å². The van der Waals surface area contributed by atoms with Gasteiger partial charge in [-0.3, -0.25) is 4.79 Å². The van der Waals surface area contributed by atoms with Crippen molar-refractivity contribution >= 4 is 6.29 Å². The second-order valence-corrected chi connectivity index (χ2v) is 3.87. The summed E-state index contributed by atoms with van der Waals surface area (Å²) in [4.78, 5) is 10.8. The summed E-state index contributed by atoms with van der Waals surface area (Å²) in [5, 5.41) is 0. The van der Waals surface area contributed by atoms with Gasteiger partial charge in [-0.25, -0.2) is 0 Å². The van der Waals surface area contributed by atoms with Gasteiger partial charge in [0.05, 0.1) is 18.8 Å². The Bertz CT molecular complexity index is 347. The van der Waals surface area contributed by atoms with Crippen molar-refractivity contribution in [1.29, 1.82) is 0 Å². The van der Waals surface area contributed by atoms with Crippen LogP contribution in [0.2, 0.25) is 0 Å². The van der Waals surface area contributed by atoms with Gasteiger partial charge in [0.25, 0.3) is 0 Å². The van der Waals surface area contributed by atoms with Crippen molar-refractivity contribution in [3.63, 3.8) is 0 Å². The topological polar surface area (TPSA) is 35.5 Å². The van der Waals surface area contributed by atoms with Gasteiger partial charge in [0.1, 0.15) is 11.5 Å². The van der Waals surface area contributed by atoms with Gasteiger partial charge in [0.15, 0.2) is 6.29 Å². The van der Waals surface area contributed by atoms with E-state index in [0.29, 0.717) is 24.5 Å². The summed E-state index contributed by atoms with van der Waals surface area (Å²) in [5.41, 5.74) is 0.571. The average Bonchev–Trinajstić information content (AvgIpc) is 2.37. The Morgan fingerprint density at radius 2 is 1.94 bits per heavy atom. The predicted molar refractivity (Wildman–Crippen MR) is 68.0 cm³/mol. The molecule has 0 saturated heterocycles. The first kappa shape index (κ1) is 13.6. The second-order valence-electron chi connectivity index (χ2n) is 3.87. The molecule has 0 heterocycles. The molecule has 0 amide bonds. The smallest absolute Gasteiger partial charge is 0.153 e. The highest BCUT2D eigenvalue weighted by Gasteiger charge is 2.05. The molecule has 0 aliphatic heterocycles. The summed E-state index contributed by atoms with van der Waals surface area (Å²) in [6, 6.07) is 5.33. The van der Waals surface area contributed by atoms with Crippen LogP contribution in [0.3, 0.4) is 0 Å². The van der Waals surface area contributed by atoms with Crippen LogP contribution in [0.15, 0.2) is 18.2 Å². The minimum Gasteiger partial charge on any atom is -0.493 e. The van der Waals surface area contributed by atoms with E-state index in [0.717, 1.165) is 31.3 Å². The molecule has 0 aliphatic rings. The molecule has 1 aromatic rings. The molecule has 1 aromatic carbocycles. The number of carbonyl (C=O) groups is 1. The highest BCUT2D eigenvalue weighted by molar-refractivity contribution is 5.79. The number of carbonyl (C=O) groups excluding carboxylic acids is 1. The molecule has 0 saturated carbocycles. The third-order valence-electron chi connectivity index (χ3n) is 2.34. The van der Waals surface area contributed by atoms with Crippen LogP contribution in [0.25, 0.3) is 0 Å². The monoisotopic (exact) mass is 236 g/mol. The Labute approximate surface area is 103 Å². The summed E-state index contributed by atoms with van der Waals surface area (Å²) >= 11 is 0. The molecule has 0 aromatic heterocycles. The molecule has 0 spiro atoms. The van der Waals surface area contributed by atoms with Gasteiger partial charge >= 0.3 is 0 Å². The number of unbranched alkanes of at least 4 members (excludes halogenated alkanes) is 1. The highest BCUT2D eigenvalue weighted by Crippen LogP contribution is 2.24. The number of aldehydes is 1. The Morgan fingerprint density at radius 1 is 1.12 bits per heavy atom. The maximum Gasteiger partial charge on any atom is 0.153 e. The molecule has 1 rings (SSSR count). The van der Waals surface area contributed by atoms with E-state index in [1.54, 1.807) is 18.2 Å². The molecule has 94 valence electrons. The van der Waals surface area contributed by atoms with Crippen molar-refractivity contribution in [2.45, 2.75) is 33.1 Å². The zero-order chi connectivity index (χ0) is 12.5. The molecular formula is C14H20O3. The van der Waals surface area contributed by atoms with Gasteiger partial charge in [0, 0.05) is 6.07 Å². The molecule has 0 bridgehead atoms. The van der Waals surface area contributed by atoms with Gasteiger partial charge < -0.3 is 9.47 Å². The lowest BCUT2D eigenvalue weighted by atomic mass is 10.2. The van der Waals surface area contributed by atoms with E-state index in [4.69, 9.17) is 9.47 Å². The van der Waals surface area contributed by atoms with E-state index in [1.165, 1.54) is 0 Å². The number of benzene rings is 1. The first-order chi connectivity index (χ1) is 8.31. The fourth-order valence-corrected chi connectivity index (χ4v) is 1.37. The van der Waals surface area contributed by atoms with E-state index in [1.807, 2.05) is 6.92 Å². The Balaban J connectivity index is 2.69. The summed E-state index contributed by atoms with van der Waals surface area (Å²) in [6.07, 6.45) is 3.85. The van der Waals surface area contributed by atoms with Gasteiger partial charge in [-0.1, -0.05) is 20.3 Å². The van der Waals surface area contributed by atoms with E-state index in [9.17, 15) is 4.79 Å². The van der Waals surface area contributed by atoms with Crippen molar-refractivity contribution in [2.75, 3.05) is 13.2 Å². The quantitative estimate of drug-likeness (QED) is 0.512. The molecule has 0 N–H and O–H groups in total.